The Morgan fingerprint density at radius 3 is 3.05 bits per heavy atom. The molecule has 4 nitrogen and oxygen atoms in total. The highest BCUT2D eigenvalue weighted by Gasteiger charge is 2.22. The first-order valence-electron chi connectivity index (χ1n) is 6.70. The number of furan rings is 1. The molecule has 2 aromatic rings. The van der Waals surface area contributed by atoms with Crippen molar-refractivity contribution in [1.82, 2.24) is 15.2 Å². The Morgan fingerprint density at radius 1 is 1.48 bits per heavy atom. The summed E-state index contributed by atoms with van der Waals surface area (Å²) in [6, 6.07) is 3.86. The summed E-state index contributed by atoms with van der Waals surface area (Å²) in [7, 11) is 2.03. The van der Waals surface area contributed by atoms with Crippen molar-refractivity contribution in [2.45, 2.75) is 13.0 Å². The normalized spacial score (nSPS) is 18.2. The first kappa shape index (κ1) is 18.5. The van der Waals surface area contributed by atoms with Crippen LogP contribution < -0.4 is 5.32 Å². The van der Waals surface area contributed by atoms with Gasteiger partial charge in [0.05, 0.1) is 12.0 Å². The van der Waals surface area contributed by atoms with Crippen molar-refractivity contribution in [2.24, 2.45) is 5.92 Å². The molecule has 0 aliphatic carbocycles. The lowest BCUT2D eigenvalue weighted by Crippen LogP contribution is -2.24. The fourth-order valence-corrected chi connectivity index (χ4v) is 3.41. The number of aromatic nitrogens is 1. The maximum Gasteiger partial charge on any atom is 0.162 e. The quantitative estimate of drug-likeness (QED) is 0.899. The molecule has 7 heteroatoms. The van der Waals surface area contributed by atoms with Gasteiger partial charge in [-0.25, -0.2) is 4.98 Å². The van der Waals surface area contributed by atoms with Gasteiger partial charge in [0.2, 0.25) is 0 Å². The van der Waals surface area contributed by atoms with Crippen LogP contribution in [0.1, 0.15) is 12.1 Å². The molecular weight excluding hydrogens is 329 g/mol. The first-order valence-corrected chi connectivity index (χ1v) is 7.58. The summed E-state index contributed by atoms with van der Waals surface area (Å²) in [6.45, 7) is 4.43. The molecule has 0 saturated carbocycles. The summed E-state index contributed by atoms with van der Waals surface area (Å²) < 4.78 is 5.38. The molecule has 0 aromatic carbocycles. The summed E-state index contributed by atoms with van der Waals surface area (Å²) in [5, 5.41) is 6.38. The van der Waals surface area contributed by atoms with Crippen molar-refractivity contribution in [1.29, 1.82) is 0 Å². The highest BCUT2D eigenvalue weighted by Crippen LogP contribution is 2.25. The third kappa shape index (κ3) is 4.69. The molecule has 1 aliphatic rings. The zero-order chi connectivity index (χ0) is 13.1. The molecule has 3 heterocycles. The van der Waals surface area contributed by atoms with Crippen molar-refractivity contribution < 1.29 is 4.42 Å². The maximum absolute atomic E-state index is 5.38. The molecule has 0 spiro atoms. The fraction of sp³-hybridized carbons (Fsp3) is 0.500. The largest absolute Gasteiger partial charge is 0.462 e. The lowest BCUT2D eigenvalue weighted by molar-refractivity contribution is 0.312. The molecule has 1 fully saturated rings. The van der Waals surface area contributed by atoms with Crippen molar-refractivity contribution in [3.05, 3.63) is 29.5 Å². The van der Waals surface area contributed by atoms with Crippen LogP contribution in [0, 0.1) is 5.92 Å². The third-order valence-corrected chi connectivity index (χ3v) is 4.44. The van der Waals surface area contributed by atoms with Crippen LogP contribution in [0.3, 0.4) is 0 Å². The van der Waals surface area contributed by atoms with Crippen LogP contribution in [0.25, 0.3) is 10.8 Å². The topological polar surface area (TPSA) is 41.3 Å². The van der Waals surface area contributed by atoms with E-state index < -0.39 is 0 Å². The molecule has 21 heavy (non-hydrogen) atoms. The number of rotatable bonds is 5. The lowest BCUT2D eigenvalue weighted by atomic mass is 10.1. The van der Waals surface area contributed by atoms with Crippen LogP contribution in [0.2, 0.25) is 0 Å². The van der Waals surface area contributed by atoms with Gasteiger partial charge >= 0.3 is 0 Å². The zero-order valence-corrected chi connectivity index (χ0v) is 14.4. The first-order chi connectivity index (χ1) is 9.35. The molecule has 1 N–H and O–H groups in total. The van der Waals surface area contributed by atoms with Crippen LogP contribution >= 0.6 is 36.2 Å². The van der Waals surface area contributed by atoms with Gasteiger partial charge < -0.3 is 9.73 Å². The molecule has 0 radical (unpaired) electrons. The fourth-order valence-electron chi connectivity index (χ4n) is 2.63. The second-order valence-electron chi connectivity index (χ2n) is 5.07. The number of halogens is 2. The molecule has 1 aliphatic heterocycles. The Labute approximate surface area is 141 Å². The summed E-state index contributed by atoms with van der Waals surface area (Å²) >= 11 is 1.66. The standard InChI is InChI=1S/C14H19N3OS.2ClH/c1-15-7-11-4-5-17(8-11)9-12-10-19-14(16-12)13-3-2-6-18-13;;/h2-3,6,10-11,15H,4-5,7-9H2,1H3;2*1H. The number of hydrogen-bond donors (Lipinski definition) is 1. The van der Waals surface area contributed by atoms with Crippen LogP contribution in [0.5, 0.6) is 0 Å². The van der Waals surface area contributed by atoms with E-state index in [1.54, 1.807) is 17.6 Å². The van der Waals surface area contributed by atoms with Gasteiger partial charge in [-0.05, 0) is 44.6 Å². The molecule has 1 atom stereocenters. The van der Waals surface area contributed by atoms with E-state index in [1.165, 1.54) is 19.5 Å². The van der Waals surface area contributed by atoms with E-state index in [1.807, 2.05) is 19.2 Å². The average Bonchev–Trinajstić information content (AvgIpc) is 3.10. The zero-order valence-electron chi connectivity index (χ0n) is 11.9. The van der Waals surface area contributed by atoms with Crippen LogP contribution in [0.15, 0.2) is 28.2 Å². The maximum atomic E-state index is 5.38. The molecule has 1 saturated heterocycles. The minimum Gasteiger partial charge on any atom is -0.462 e. The smallest absolute Gasteiger partial charge is 0.162 e. The lowest BCUT2D eigenvalue weighted by Gasteiger charge is -2.14. The van der Waals surface area contributed by atoms with E-state index in [-0.39, 0.29) is 24.8 Å². The Morgan fingerprint density at radius 2 is 2.33 bits per heavy atom. The second-order valence-corrected chi connectivity index (χ2v) is 5.93. The molecule has 2 aromatic heterocycles. The van der Waals surface area contributed by atoms with Gasteiger partial charge in [0.1, 0.15) is 0 Å². The Bertz CT molecular complexity index is 518. The van der Waals surface area contributed by atoms with E-state index in [4.69, 9.17) is 4.42 Å². The van der Waals surface area contributed by atoms with E-state index in [2.05, 4.69) is 20.6 Å². The van der Waals surface area contributed by atoms with Crippen LogP contribution in [-0.2, 0) is 6.54 Å². The van der Waals surface area contributed by atoms with Gasteiger partial charge in [-0.2, -0.15) is 0 Å². The molecule has 0 amide bonds. The molecule has 0 bridgehead atoms. The Balaban J connectivity index is 0.00000110. The van der Waals surface area contributed by atoms with E-state index >= 15 is 0 Å². The molecule has 3 rings (SSSR count). The highest BCUT2D eigenvalue weighted by molar-refractivity contribution is 7.13. The predicted octanol–water partition coefficient (Wildman–Crippen LogP) is 3.29. The van der Waals surface area contributed by atoms with Crippen LogP contribution in [-0.4, -0.2) is 36.6 Å². The van der Waals surface area contributed by atoms with Gasteiger partial charge in [-0.15, -0.1) is 36.2 Å². The predicted molar refractivity (Wildman–Crippen MR) is 91.6 cm³/mol. The number of nitrogens with one attached hydrogen (secondary N) is 1. The van der Waals surface area contributed by atoms with Crippen molar-refractivity contribution in [3.8, 4) is 10.8 Å². The van der Waals surface area contributed by atoms with E-state index in [0.717, 1.165) is 35.5 Å². The van der Waals surface area contributed by atoms with E-state index in [9.17, 15) is 0 Å². The third-order valence-electron chi connectivity index (χ3n) is 3.53. The van der Waals surface area contributed by atoms with Gasteiger partial charge in [-0.1, -0.05) is 0 Å². The summed E-state index contributed by atoms with van der Waals surface area (Å²) in [5.74, 6) is 1.65. The SMILES string of the molecule is CNCC1CCN(Cc2csc(-c3ccco3)n2)C1.Cl.Cl. The molecule has 1 unspecified atom stereocenters. The monoisotopic (exact) mass is 349 g/mol. The Hall–Kier alpha value is -0.590. The molecular formula is C14H21Cl2N3OS. The second kappa shape index (κ2) is 8.76. The van der Waals surface area contributed by atoms with Gasteiger partial charge in [0.15, 0.2) is 10.8 Å². The summed E-state index contributed by atoms with van der Waals surface area (Å²) in [4.78, 5) is 7.14. The van der Waals surface area contributed by atoms with Gasteiger partial charge in [0, 0.05) is 18.5 Å². The average molecular weight is 350 g/mol. The highest BCUT2D eigenvalue weighted by atomic mass is 35.5. The number of thiazole rings is 1. The minimum atomic E-state index is 0. The van der Waals surface area contributed by atoms with Crippen LogP contribution in [0.4, 0.5) is 0 Å². The summed E-state index contributed by atoms with van der Waals surface area (Å²) in [6.07, 6.45) is 2.98. The number of hydrogen-bond acceptors (Lipinski definition) is 5. The van der Waals surface area contributed by atoms with Crippen molar-refractivity contribution in [3.63, 3.8) is 0 Å². The summed E-state index contributed by atoms with van der Waals surface area (Å²) in [5.41, 5.74) is 1.15. The van der Waals surface area contributed by atoms with Gasteiger partial charge in [-0.3, -0.25) is 4.90 Å². The van der Waals surface area contributed by atoms with Crippen molar-refractivity contribution >= 4 is 36.2 Å². The minimum absolute atomic E-state index is 0. The Kier molecular flexibility index (Phi) is 7.70. The van der Waals surface area contributed by atoms with Gasteiger partial charge in [0.25, 0.3) is 0 Å². The van der Waals surface area contributed by atoms with E-state index in [0.29, 0.717) is 0 Å². The number of nitrogens with zero attached hydrogens (tertiary/aromatic N) is 2. The number of likely N-dealkylation sites (tertiary alicyclic amines) is 1. The van der Waals surface area contributed by atoms with Crippen molar-refractivity contribution in [2.75, 3.05) is 26.7 Å². The molecule has 118 valence electrons.